The summed E-state index contributed by atoms with van der Waals surface area (Å²) in [5.74, 6) is -0.0636. The van der Waals surface area contributed by atoms with Crippen LogP contribution in [0.1, 0.15) is 30.6 Å². The number of esters is 1. The molecule has 0 bridgehead atoms. The lowest BCUT2D eigenvalue weighted by Gasteiger charge is -2.11. The predicted molar refractivity (Wildman–Crippen MR) is 67.9 cm³/mol. The number of methoxy groups -OCH3 is 1. The van der Waals surface area contributed by atoms with Gasteiger partial charge in [0.25, 0.3) is 0 Å². The minimum atomic E-state index is -0.424. The number of anilines is 1. The average Bonchev–Trinajstić information content (AvgIpc) is 2.38. The van der Waals surface area contributed by atoms with Gasteiger partial charge >= 0.3 is 5.97 Å². The zero-order chi connectivity index (χ0) is 13.5. The van der Waals surface area contributed by atoms with E-state index in [1.807, 2.05) is 0 Å². The Labute approximate surface area is 106 Å². The third kappa shape index (κ3) is 3.48. The Balaban J connectivity index is 3.01. The van der Waals surface area contributed by atoms with Gasteiger partial charge in [0, 0.05) is 6.42 Å². The van der Waals surface area contributed by atoms with Crippen LogP contribution < -0.4 is 10.1 Å². The zero-order valence-corrected chi connectivity index (χ0v) is 10.8. The highest BCUT2D eigenvalue weighted by Crippen LogP contribution is 2.26. The topological polar surface area (TPSA) is 64.6 Å². The van der Waals surface area contributed by atoms with Gasteiger partial charge in [-0.25, -0.2) is 4.79 Å². The summed E-state index contributed by atoms with van der Waals surface area (Å²) in [6.45, 7) is 3.79. The number of rotatable bonds is 5. The number of hydrogen-bond donors (Lipinski definition) is 1. The third-order valence-electron chi connectivity index (χ3n) is 2.31. The van der Waals surface area contributed by atoms with E-state index in [1.165, 1.54) is 7.11 Å². The molecule has 0 saturated carbocycles. The summed E-state index contributed by atoms with van der Waals surface area (Å²) in [7, 11) is 1.50. The Morgan fingerprint density at radius 3 is 2.56 bits per heavy atom. The molecule has 18 heavy (non-hydrogen) atoms. The van der Waals surface area contributed by atoms with E-state index in [0.29, 0.717) is 30.0 Å². The van der Waals surface area contributed by atoms with E-state index < -0.39 is 5.97 Å². The highest BCUT2D eigenvalue weighted by Gasteiger charge is 2.12. The van der Waals surface area contributed by atoms with E-state index in [4.69, 9.17) is 9.47 Å². The van der Waals surface area contributed by atoms with Crippen molar-refractivity contribution in [2.75, 3.05) is 19.0 Å². The fraction of sp³-hybridized carbons (Fsp3) is 0.385. The van der Waals surface area contributed by atoms with Crippen molar-refractivity contribution in [2.24, 2.45) is 0 Å². The van der Waals surface area contributed by atoms with Crippen molar-refractivity contribution >= 4 is 17.6 Å². The maximum atomic E-state index is 11.6. The van der Waals surface area contributed by atoms with Crippen LogP contribution in [-0.4, -0.2) is 25.6 Å². The van der Waals surface area contributed by atoms with Crippen molar-refractivity contribution in [1.82, 2.24) is 0 Å². The molecule has 0 atom stereocenters. The van der Waals surface area contributed by atoms with E-state index in [-0.39, 0.29) is 5.91 Å². The zero-order valence-electron chi connectivity index (χ0n) is 10.8. The molecular weight excluding hydrogens is 234 g/mol. The molecule has 1 rings (SSSR count). The predicted octanol–water partition coefficient (Wildman–Crippen LogP) is 2.22. The molecule has 1 aromatic carbocycles. The van der Waals surface area contributed by atoms with E-state index >= 15 is 0 Å². The Morgan fingerprint density at radius 1 is 1.28 bits per heavy atom. The second-order valence-corrected chi connectivity index (χ2v) is 3.54. The molecular formula is C13H17NO4. The molecule has 1 aromatic rings. The molecule has 98 valence electrons. The molecule has 0 fully saturated rings. The molecule has 5 heteroatoms. The van der Waals surface area contributed by atoms with Crippen LogP contribution in [0.25, 0.3) is 0 Å². The minimum absolute atomic E-state index is 0.144. The van der Waals surface area contributed by atoms with Gasteiger partial charge in [0.1, 0.15) is 5.75 Å². The lowest BCUT2D eigenvalue weighted by atomic mass is 10.2. The van der Waals surface area contributed by atoms with E-state index in [1.54, 1.807) is 32.0 Å². The maximum absolute atomic E-state index is 11.6. The lowest BCUT2D eigenvalue weighted by molar-refractivity contribution is -0.115. The Hall–Kier alpha value is -2.04. The standard InChI is InChI=1S/C13H17NO4/c1-4-12(15)14-10-8-9(13(16)18-5-2)6-7-11(10)17-3/h6-8H,4-5H2,1-3H3,(H,14,15). The van der Waals surface area contributed by atoms with Gasteiger partial charge in [-0.1, -0.05) is 6.92 Å². The number of carbonyl (C=O) groups is 2. The lowest BCUT2D eigenvalue weighted by Crippen LogP contribution is -2.12. The van der Waals surface area contributed by atoms with Crippen molar-refractivity contribution < 1.29 is 19.1 Å². The average molecular weight is 251 g/mol. The highest BCUT2D eigenvalue weighted by molar-refractivity contribution is 5.96. The summed E-state index contributed by atoms with van der Waals surface area (Å²) >= 11 is 0. The summed E-state index contributed by atoms with van der Waals surface area (Å²) in [6, 6.07) is 4.76. The van der Waals surface area contributed by atoms with Gasteiger partial charge in [0.2, 0.25) is 5.91 Å². The summed E-state index contributed by atoms with van der Waals surface area (Å²) in [6.07, 6.45) is 0.354. The normalized spacial score (nSPS) is 9.72. The van der Waals surface area contributed by atoms with Crippen LogP contribution in [0.2, 0.25) is 0 Å². The highest BCUT2D eigenvalue weighted by atomic mass is 16.5. The van der Waals surface area contributed by atoms with Crippen molar-refractivity contribution in [1.29, 1.82) is 0 Å². The minimum Gasteiger partial charge on any atom is -0.495 e. The largest absolute Gasteiger partial charge is 0.495 e. The van der Waals surface area contributed by atoms with Crippen molar-refractivity contribution in [3.63, 3.8) is 0 Å². The molecule has 5 nitrogen and oxygen atoms in total. The first kappa shape index (κ1) is 14.0. The van der Waals surface area contributed by atoms with Crippen LogP contribution in [0.3, 0.4) is 0 Å². The molecule has 0 saturated heterocycles. The van der Waals surface area contributed by atoms with E-state index in [9.17, 15) is 9.59 Å². The van der Waals surface area contributed by atoms with Gasteiger partial charge in [-0.2, -0.15) is 0 Å². The fourth-order valence-corrected chi connectivity index (χ4v) is 1.39. The summed E-state index contributed by atoms with van der Waals surface area (Å²) < 4.78 is 10.0. The Kier molecular flexibility index (Phi) is 5.17. The van der Waals surface area contributed by atoms with E-state index in [0.717, 1.165) is 0 Å². The van der Waals surface area contributed by atoms with Gasteiger partial charge in [-0.05, 0) is 25.1 Å². The molecule has 0 aliphatic carbocycles. The second kappa shape index (κ2) is 6.64. The first-order chi connectivity index (χ1) is 8.62. The Bertz CT molecular complexity index is 443. The van der Waals surface area contributed by atoms with Crippen LogP contribution in [0.15, 0.2) is 18.2 Å². The van der Waals surface area contributed by atoms with Gasteiger partial charge in [-0.3, -0.25) is 4.79 Å². The van der Waals surface area contributed by atoms with Crippen molar-refractivity contribution in [3.05, 3.63) is 23.8 Å². The van der Waals surface area contributed by atoms with Crippen LogP contribution in [0.4, 0.5) is 5.69 Å². The molecule has 0 heterocycles. The van der Waals surface area contributed by atoms with Gasteiger partial charge in [0.15, 0.2) is 0 Å². The fourth-order valence-electron chi connectivity index (χ4n) is 1.39. The van der Waals surface area contributed by atoms with Crippen LogP contribution in [0.5, 0.6) is 5.75 Å². The smallest absolute Gasteiger partial charge is 0.338 e. The molecule has 0 aliphatic heterocycles. The molecule has 0 aliphatic rings. The summed E-state index contributed by atoms with van der Waals surface area (Å²) in [5, 5.41) is 2.68. The van der Waals surface area contributed by atoms with Crippen LogP contribution >= 0.6 is 0 Å². The number of carbonyl (C=O) groups excluding carboxylic acids is 2. The van der Waals surface area contributed by atoms with Gasteiger partial charge < -0.3 is 14.8 Å². The quantitative estimate of drug-likeness (QED) is 0.815. The number of benzene rings is 1. The molecule has 1 N–H and O–H groups in total. The monoisotopic (exact) mass is 251 g/mol. The number of ether oxygens (including phenoxy) is 2. The van der Waals surface area contributed by atoms with Crippen molar-refractivity contribution in [3.8, 4) is 5.75 Å². The van der Waals surface area contributed by atoms with Gasteiger partial charge in [0.05, 0.1) is 25.0 Å². The molecule has 0 unspecified atom stereocenters. The first-order valence-electron chi connectivity index (χ1n) is 5.77. The Morgan fingerprint density at radius 2 is 2.00 bits per heavy atom. The first-order valence-corrected chi connectivity index (χ1v) is 5.77. The second-order valence-electron chi connectivity index (χ2n) is 3.54. The summed E-state index contributed by atoms with van der Waals surface area (Å²) in [5.41, 5.74) is 0.846. The molecule has 0 aromatic heterocycles. The maximum Gasteiger partial charge on any atom is 0.338 e. The van der Waals surface area contributed by atoms with Gasteiger partial charge in [-0.15, -0.1) is 0 Å². The van der Waals surface area contributed by atoms with Crippen molar-refractivity contribution in [2.45, 2.75) is 20.3 Å². The molecule has 0 radical (unpaired) electrons. The number of nitrogens with one attached hydrogen (secondary N) is 1. The summed E-state index contributed by atoms with van der Waals surface area (Å²) in [4.78, 5) is 22.9. The molecule has 1 amide bonds. The number of hydrogen-bond acceptors (Lipinski definition) is 4. The SMILES string of the molecule is CCOC(=O)c1ccc(OC)c(NC(=O)CC)c1. The molecule has 0 spiro atoms. The number of amides is 1. The van der Waals surface area contributed by atoms with E-state index in [2.05, 4.69) is 5.32 Å². The third-order valence-corrected chi connectivity index (χ3v) is 2.31. The van der Waals surface area contributed by atoms with Crippen LogP contribution in [-0.2, 0) is 9.53 Å². The van der Waals surface area contributed by atoms with Crippen LogP contribution in [0, 0.1) is 0 Å².